The predicted molar refractivity (Wildman–Crippen MR) is 142 cm³/mol. The zero-order valence-corrected chi connectivity index (χ0v) is 22.4. The average molecular weight is 559 g/mol. The number of carbonyl (C=O) groups is 1. The number of ether oxygens (including phenoxy) is 2. The first-order chi connectivity index (χ1) is 18.9. The van der Waals surface area contributed by atoms with Gasteiger partial charge < -0.3 is 19.9 Å². The second-order valence-electron chi connectivity index (χ2n) is 10.0. The molecule has 0 bridgehead atoms. The number of hydrogen-bond donors (Lipinski definition) is 3. The number of nitrogens with one attached hydrogen (secondary N) is 2. The van der Waals surface area contributed by atoms with Gasteiger partial charge in [-0.05, 0) is 43.0 Å². The van der Waals surface area contributed by atoms with Crippen LogP contribution >= 0.6 is 0 Å². The van der Waals surface area contributed by atoms with E-state index in [-0.39, 0.29) is 30.1 Å². The van der Waals surface area contributed by atoms with Crippen LogP contribution in [-0.4, -0.2) is 78.4 Å². The summed E-state index contributed by atoms with van der Waals surface area (Å²) in [6.45, 7) is 0.453. The van der Waals surface area contributed by atoms with Gasteiger partial charge in [0.2, 0.25) is 0 Å². The molecule has 1 saturated carbocycles. The van der Waals surface area contributed by atoms with Crippen LogP contribution in [-0.2, 0) is 30.8 Å². The Balaban J connectivity index is 1.37. The van der Waals surface area contributed by atoms with E-state index in [1.165, 1.54) is 12.1 Å². The number of nitrogens with zero attached hydrogens (tertiary/aromatic N) is 2. The molecule has 2 aromatic carbocycles. The lowest BCUT2D eigenvalue weighted by molar-refractivity contribution is -0.145. The van der Waals surface area contributed by atoms with Crippen molar-refractivity contribution in [2.45, 2.75) is 67.8 Å². The minimum atomic E-state index is -4.16. The minimum absolute atomic E-state index is 0.0117. The van der Waals surface area contributed by atoms with Crippen LogP contribution in [0.2, 0.25) is 0 Å². The third-order valence-corrected chi connectivity index (χ3v) is 8.73. The van der Waals surface area contributed by atoms with Crippen LogP contribution in [0.4, 0.5) is 4.79 Å². The highest BCUT2D eigenvalue weighted by Crippen LogP contribution is 2.27. The number of benzene rings is 2. The fourth-order valence-corrected chi connectivity index (χ4v) is 6.25. The highest BCUT2D eigenvalue weighted by molar-refractivity contribution is 7.89. The number of aromatic nitrogens is 2. The highest BCUT2D eigenvalue weighted by atomic mass is 32.2. The summed E-state index contributed by atoms with van der Waals surface area (Å²) in [7, 11) is -4.16. The second kappa shape index (κ2) is 12.4. The smallest absolute Gasteiger partial charge is 0.407 e. The largest absolute Gasteiger partial charge is 0.444 e. The molecule has 3 N–H and O–H groups in total. The number of carbonyl (C=O) groups excluding carboxylic acids is 1. The average Bonchev–Trinajstić information content (AvgIpc) is 3.71. The molecule has 11 nitrogen and oxygen atoms in total. The monoisotopic (exact) mass is 558 g/mol. The molecule has 1 aliphatic heterocycles. The molecular weight excluding hydrogens is 524 g/mol. The van der Waals surface area contributed by atoms with Gasteiger partial charge in [-0.2, -0.15) is 5.10 Å². The normalized spacial score (nSPS) is 19.9. The van der Waals surface area contributed by atoms with Gasteiger partial charge >= 0.3 is 6.09 Å². The summed E-state index contributed by atoms with van der Waals surface area (Å²) in [5.74, 6) is 0. The zero-order chi connectivity index (χ0) is 27.2. The summed E-state index contributed by atoms with van der Waals surface area (Å²) >= 11 is 0. The Morgan fingerprint density at radius 2 is 1.95 bits per heavy atom. The predicted octanol–water partition coefficient (Wildman–Crippen LogP) is 2.92. The molecule has 1 aromatic heterocycles. The van der Waals surface area contributed by atoms with Gasteiger partial charge in [0.15, 0.2) is 0 Å². The molecule has 2 unspecified atom stereocenters. The van der Waals surface area contributed by atoms with Gasteiger partial charge in [0.1, 0.15) is 6.10 Å². The standard InChI is InChI=1S/C27H34N4O7S/c32-26(25(14-19-6-2-1-3-7-19)29-27(33)37-22-12-13-36-18-22)17-31(38-21-8-4-5-9-21)39(34,35)23-11-10-20-16-28-30-24(20)15-23/h1-3,6-7,10-11,15-16,21-22,25-26,32H,4-5,8-9,12-14,17-18H2,(H,28,30)(H,29,33)/t22?,25-,26?/m1/s1. The van der Waals surface area contributed by atoms with E-state index in [1.807, 2.05) is 30.3 Å². The number of alkyl carbamates (subject to hydrolysis) is 1. The number of fused-ring (bicyclic) bond motifs is 1. The van der Waals surface area contributed by atoms with Crippen LogP contribution in [0, 0.1) is 0 Å². The molecule has 0 spiro atoms. The molecule has 1 aliphatic carbocycles. The molecule has 2 fully saturated rings. The summed E-state index contributed by atoms with van der Waals surface area (Å²) in [6, 6.07) is 13.1. The van der Waals surface area contributed by atoms with Gasteiger partial charge in [-0.1, -0.05) is 47.6 Å². The number of H-pyrrole nitrogens is 1. The quantitative estimate of drug-likeness (QED) is 0.305. The first-order valence-corrected chi connectivity index (χ1v) is 14.7. The third kappa shape index (κ3) is 6.95. The maximum atomic E-state index is 13.8. The van der Waals surface area contributed by atoms with Crippen molar-refractivity contribution in [2.24, 2.45) is 0 Å². The van der Waals surface area contributed by atoms with Gasteiger partial charge in [0.05, 0.1) is 54.6 Å². The van der Waals surface area contributed by atoms with Crippen LogP contribution < -0.4 is 5.32 Å². The summed E-state index contributed by atoms with van der Waals surface area (Å²) in [6.07, 6.45) is 3.16. The number of hydrogen-bond acceptors (Lipinski definition) is 8. The van der Waals surface area contributed by atoms with E-state index >= 15 is 0 Å². The van der Waals surface area contributed by atoms with E-state index in [0.29, 0.717) is 25.2 Å². The van der Waals surface area contributed by atoms with Crippen molar-refractivity contribution in [1.29, 1.82) is 0 Å². The van der Waals surface area contributed by atoms with E-state index in [0.717, 1.165) is 41.1 Å². The molecule has 2 aliphatic rings. The molecule has 210 valence electrons. The van der Waals surface area contributed by atoms with E-state index < -0.39 is 28.3 Å². The van der Waals surface area contributed by atoms with Crippen LogP contribution in [0.15, 0.2) is 59.6 Å². The van der Waals surface area contributed by atoms with E-state index in [9.17, 15) is 18.3 Å². The van der Waals surface area contributed by atoms with Gasteiger partial charge in [-0.3, -0.25) is 9.94 Å². The SMILES string of the molecule is O=C(N[C@H](Cc1ccccc1)C(O)CN(OC1CCCC1)S(=O)(=O)c1ccc2cn[nH]c2c1)OC1CCOC1. The molecule has 39 heavy (non-hydrogen) atoms. The molecule has 1 saturated heterocycles. The van der Waals surface area contributed by atoms with Crippen molar-refractivity contribution in [3.63, 3.8) is 0 Å². The molecule has 12 heteroatoms. The number of aliphatic hydroxyl groups is 1. The molecule has 1 amide bonds. The van der Waals surface area contributed by atoms with E-state index in [1.54, 1.807) is 12.3 Å². The topological polar surface area (TPSA) is 143 Å². The van der Waals surface area contributed by atoms with Crippen molar-refractivity contribution in [3.05, 3.63) is 60.3 Å². The fraction of sp³-hybridized carbons (Fsp3) is 0.481. The van der Waals surface area contributed by atoms with Crippen molar-refractivity contribution in [1.82, 2.24) is 20.0 Å². The molecule has 5 rings (SSSR count). The summed E-state index contributed by atoms with van der Waals surface area (Å²) in [5.41, 5.74) is 1.43. The number of hydroxylamine groups is 1. The molecule has 2 heterocycles. The Labute approximate surface area is 227 Å². The molecule has 3 atom stereocenters. The lowest BCUT2D eigenvalue weighted by Crippen LogP contribution is -2.51. The van der Waals surface area contributed by atoms with Gasteiger partial charge in [-0.25, -0.2) is 13.2 Å². The van der Waals surface area contributed by atoms with Crippen LogP contribution in [0.5, 0.6) is 0 Å². The Morgan fingerprint density at radius 3 is 2.69 bits per heavy atom. The van der Waals surface area contributed by atoms with Crippen molar-refractivity contribution < 1.29 is 32.6 Å². The third-order valence-electron chi connectivity index (χ3n) is 7.11. The van der Waals surface area contributed by atoms with Crippen LogP contribution in [0.1, 0.15) is 37.7 Å². The maximum Gasteiger partial charge on any atom is 0.407 e. The summed E-state index contributed by atoms with van der Waals surface area (Å²) in [5, 5.41) is 21.6. The maximum absolute atomic E-state index is 13.8. The van der Waals surface area contributed by atoms with E-state index in [2.05, 4.69) is 15.5 Å². The Hall–Kier alpha value is -3.03. The Kier molecular flexibility index (Phi) is 8.78. The van der Waals surface area contributed by atoms with Crippen molar-refractivity contribution in [3.8, 4) is 0 Å². The molecular formula is C27H34N4O7S. The number of aliphatic hydroxyl groups excluding tert-OH is 1. The fourth-order valence-electron chi connectivity index (χ4n) is 4.93. The summed E-state index contributed by atoms with van der Waals surface area (Å²) in [4.78, 5) is 18.7. The minimum Gasteiger partial charge on any atom is -0.444 e. The lowest BCUT2D eigenvalue weighted by atomic mass is 10.0. The van der Waals surface area contributed by atoms with Gasteiger partial charge in [0.25, 0.3) is 10.0 Å². The summed E-state index contributed by atoms with van der Waals surface area (Å²) < 4.78 is 39.2. The first-order valence-electron chi connectivity index (χ1n) is 13.3. The highest BCUT2D eigenvalue weighted by Gasteiger charge is 2.35. The lowest BCUT2D eigenvalue weighted by Gasteiger charge is -2.30. The van der Waals surface area contributed by atoms with Gasteiger partial charge in [0, 0.05) is 11.8 Å². The first kappa shape index (κ1) is 27.5. The number of aromatic amines is 1. The number of sulfonamides is 1. The Bertz CT molecular complexity index is 1340. The van der Waals surface area contributed by atoms with Crippen LogP contribution in [0.25, 0.3) is 10.9 Å². The second-order valence-corrected chi connectivity index (χ2v) is 11.8. The van der Waals surface area contributed by atoms with Gasteiger partial charge in [-0.15, -0.1) is 0 Å². The van der Waals surface area contributed by atoms with Crippen molar-refractivity contribution in [2.75, 3.05) is 19.8 Å². The van der Waals surface area contributed by atoms with E-state index in [4.69, 9.17) is 14.3 Å². The zero-order valence-electron chi connectivity index (χ0n) is 21.6. The molecule has 3 aromatic rings. The van der Waals surface area contributed by atoms with Crippen LogP contribution in [0.3, 0.4) is 0 Å². The number of rotatable bonds is 11. The Morgan fingerprint density at radius 1 is 1.15 bits per heavy atom. The number of amides is 1. The van der Waals surface area contributed by atoms with Crippen molar-refractivity contribution >= 4 is 27.0 Å². The molecule has 0 radical (unpaired) electrons.